The number of aryl methyl sites for hydroxylation is 1. The Morgan fingerprint density at radius 2 is 2.17 bits per heavy atom. The van der Waals surface area contributed by atoms with Crippen molar-refractivity contribution in [3.8, 4) is 11.1 Å². The summed E-state index contributed by atoms with van der Waals surface area (Å²) < 4.78 is 27.9. The van der Waals surface area contributed by atoms with E-state index in [9.17, 15) is 8.42 Å². The third-order valence-corrected chi connectivity index (χ3v) is 6.24. The lowest BCUT2D eigenvalue weighted by molar-refractivity contribution is 0.548. The Bertz CT molecular complexity index is 1020. The van der Waals surface area contributed by atoms with Crippen molar-refractivity contribution in [2.75, 3.05) is 24.6 Å². The summed E-state index contributed by atoms with van der Waals surface area (Å²) in [5.74, 6) is 0.449. The van der Waals surface area contributed by atoms with Gasteiger partial charge in [-0.05, 0) is 0 Å². The van der Waals surface area contributed by atoms with Crippen LogP contribution in [0.5, 0.6) is 0 Å². The molecule has 1 saturated heterocycles. The van der Waals surface area contributed by atoms with Crippen LogP contribution in [-0.4, -0.2) is 51.6 Å². The van der Waals surface area contributed by atoms with E-state index in [1.165, 1.54) is 4.52 Å². The molecule has 0 bridgehead atoms. The molecular formula is C14H17N7O2S. The van der Waals surface area contributed by atoms with Crippen molar-refractivity contribution in [2.45, 2.75) is 5.25 Å². The van der Waals surface area contributed by atoms with Gasteiger partial charge in [-0.3, -0.25) is 4.68 Å². The predicted molar refractivity (Wildman–Crippen MR) is 89.0 cm³/mol. The Morgan fingerprint density at radius 1 is 1.33 bits per heavy atom. The highest BCUT2D eigenvalue weighted by Gasteiger charge is 2.32. The van der Waals surface area contributed by atoms with Crippen LogP contribution in [0.4, 0.5) is 5.82 Å². The van der Waals surface area contributed by atoms with E-state index in [4.69, 9.17) is 5.73 Å². The summed E-state index contributed by atoms with van der Waals surface area (Å²) in [7, 11) is -1.42. The Kier molecular flexibility index (Phi) is 3.32. The molecule has 4 rings (SSSR count). The number of hydrogen-bond donors (Lipinski definition) is 2. The molecule has 1 unspecified atom stereocenters. The predicted octanol–water partition coefficient (Wildman–Crippen LogP) is -0.229. The molecule has 1 fully saturated rings. The fraction of sp³-hybridized carbons (Fsp3) is 0.357. The lowest BCUT2D eigenvalue weighted by Crippen LogP contribution is -2.39. The van der Waals surface area contributed by atoms with Crippen LogP contribution in [0.3, 0.4) is 0 Å². The molecule has 10 heteroatoms. The number of anilines is 1. The van der Waals surface area contributed by atoms with Gasteiger partial charge in [0.05, 0.1) is 23.8 Å². The first-order chi connectivity index (χ1) is 11.5. The van der Waals surface area contributed by atoms with Crippen LogP contribution in [0, 0.1) is 0 Å². The molecule has 0 amide bonds. The number of sulfone groups is 1. The Hall–Kier alpha value is -2.46. The summed E-state index contributed by atoms with van der Waals surface area (Å²) >= 11 is 0. The minimum absolute atomic E-state index is 0.0964. The van der Waals surface area contributed by atoms with Crippen molar-refractivity contribution in [3.63, 3.8) is 0 Å². The second-order valence-electron chi connectivity index (χ2n) is 5.86. The summed E-state index contributed by atoms with van der Waals surface area (Å²) in [6.07, 6.45) is 5.22. The van der Waals surface area contributed by atoms with Crippen LogP contribution >= 0.6 is 0 Å². The standard InChI is InChI=1S/C14H17N7O2S/c1-20-8-9(5-17-20)10-6-18-21-13(15)4-11(19-14(10)21)12-7-16-2-3-24(12,22)23/h4-6,8,12,16H,2-3,7,15H2,1H3. The minimum Gasteiger partial charge on any atom is -0.384 e. The molecule has 0 aromatic carbocycles. The first-order valence-corrected chi connectivity index (χ1v) is 9.23. The fourth-order valence-electron chi connectivity index (χ4n) is 2.94. The van der Waals surface area contributed by atoms with Crippen LogP contribution in [0.2, 0.25) is 0 Å². The quantitative estimate of drug-likeness (QED) is 0.657. The van der Waals surface area contributed by atoms with Crippen LogP contribution < -0.4 is 11.1 Å². The van der Waals surface area contributed by atoms with E-state index in [-0.39, 0.29) is 5.75 Å². The number of rotatable bonds is 2. The van der Waals surface area contributed by atoms with E-state index in [2.05, 4.69) is 20.5 Å². The summed E-state index contributed by atoms with van der Waals surface area (Å²) in [6, 6.07) is 1.59. The average molecular weight is 347 g/mol. The van der Waals surface area contributed by atoms with Gasteiger partial charge in [0.2, 0.25) is 0 Å². The zero-order valence-electron chi connectivity index (χ0n) is 13.0. The van der Waals surface area contributed by atoms with Crippen molar-refractivity contribution in [1.82, 2.24) is 29.7 Å². The molecule has 126 valence electrons. The van der Waals surface area contributed by atoms with Crippen LogP contribution in [0.25, 0.3) is 16.8 Å². The van der Waals surface area contributed by atoms with Gasteiger partial charge in [0.15, 0.2) is 15.5 Å². The van der Waals surface area contributed by atoms with Crippen LogP contribution in [0.15, 0.2) is 24.7 Å². The Balaban J connectivity index is 1.89. The number of hydrogen-bond acceptors (Lipinski definition) is 7. The first-order valence-electron chi connectivity index (χ1n) is 7.51. The lowest BCUT2D eigenvalue weighted by Gasteiger charge is -2.23. The number of fused-ring (bicyclic) bond motifs is 1. The lowest BCUT2D eigenvalue weighted by atomic mass is 10.2. The summed E-state index contributed by atoms with van der Waals surface area (Å²) in [6.45, 7) is 0.797. The van der Waals surface area contributed by atoms with Gasteiger partial charge in [-0.15, -0.1) is 0 Å². The maximum Gasteiger partial charge on any atom is 0.165 e. The SMILES string of the molecule is Cn1cc(-c2cnn3c(N)cc(C4CNCCS4(=O)=O)nc23)cn1. The zero-order valence-corrected chi connectivity index (χ0v) is 13.9. The van der Waals surface area contributed by atoms with Gasteiger partial charge in [0, 0.05) is 43.5 Å². The van der Waals surface area contributed by atoms with E-state index < -0.39 is 15.1 Å². The molecule has 24 heavy (non-hydrogen) atoms. The number of nitrogens with zero attached hydrogens (tertiary/aromatic N) is 5. The molecule has 1 aliphatic heterocycles. The molecule has 0 spiro atoms. The molecule has 3 N–H and O–H groups in total. The number of nitrogen functional groups attached to an aromatic ring is 1. The minimum atomic E-state index is -3.25. The number of aromatic nitrogens is 5. The van der Waals surface area contributed by atoms with Gasteiger partial charge >= 0.3 is 0 Å². The summed E-state index contributed by atoms with van der Waals surface area (Å²) in [5.41, 5.74) is 8.65. The molecular weight excluding hydrogens is 330 g/mol. The number of nitrogens with one attached hydrogen (secondary N) is 1. The monoisotopic (exact) mass is 347 g/mol. The van der Waals surface area contributed by atoms with Gasteiger partial charge < -0.3 is 11.1 Å². The largest absolute Gasteiger partial charge is 0.384 e. The van der Waals surface area contributed by atoms with Crippen LogP contribution in [0.1, 0.15) is 10.9 Å². The Morgan fingerprint density at radius 3 is 2.88 bits per heavy atom. The average Bonchev–Trinajstić information content (AvgIpc) is 3.13. The molecule has 4 heterocycles. The maximum absolute atomic E-state index is 12.4. The third kappa shape index (κ3) is 2.34. The topological polar surface area (TPSA) is 120 Å². The third-order valence-electron chi connectivity index (χ3n) is 4.19. The molecule has 0 radical (unpaired) electrons. The molecule has 9 nitrogen and oxygen atoms in total. The number of nitrogens with two attached hydrogens (primary N) is 1. The van der Waals surface area contributed by atoms with Crippen molar-refractivity contribution < 1.29 is 8.42 Å². The van der Waals surface area contributed by atoms with Crippen molar-refractivity contribution in [2.24, 2.45) is 7.05 Å². The van der Waals surface area contributed by atoms with E-state index in [1.807, 2.05) is 13.2 Å². The highest BCUT2D eigenvalue weighted by atomic mass is 32.2. The zero-order chi connectivity index (χ0) is 16.9. The second kappa shape index (κ2) is 5.28. The van der Waals surface area contributed by atoms with E-state index >= 15 is 0 Å². The second-order valence-corrected chi connectivity index (χ2v) is 8.16. The normalized spacial score (nSPS) is 20.5. The van der Waals surface area contributed by atoms with Crippen LogP contribution in [-0.2, 0) is 16.9 Å². The molecule has 1 atom stereocenters. The summed E-state index contributed by atoms with van der Waals surface area (Å²) in [5, 5.41) is 10.8. The van der Waals surface area contributed by atoms with Crippen molar-refractivity contribution in [3.05, 3.63) is 30.4 Å². The van der Waals surface area contributed by atoms with Gasteiger partial charge in [-0.25, -0.2) is 13.4 Å². The van der Waals surface area contributed by atoms with Gasteiger partial charge in [-0.2, -0.15) is 14.7 Å². The van der Waals surface area contributed by atoms with Gasteiger partial charge in [0.25, 0.3) is 0 Å². The fourth-order valence-corrected chi connectivity index (χ4v) is 4.51. The van der Waals surface area contributed by atoms with E-state index in [1.54, 1.807) is 23.1 Å². The highest BCUT2D eigenvalue weighted by Crippen LogP contribution is 2.29. The van der Waals surface area contributed by atoms with Crippen molar-refractivity contribution >= 4 is 21.3 Å². The van der Waals surface area contributed by atoms with Crippen molar-refractivity contribution in [1.29, 1.82) is 0 Å². The highest BCUT2D eigenvalue weighted by molar-refractivity contribution is 7.91. The summed E-state index contributed by atoms with van der Waals surface area (Å²) in [4.78, 5) is 4.57. The maximum atomic E-state index is 12.4. The van der Waals surface area contributed by atoms with Gasteiger partial charge in [0.1, 0.15) is 11.1 Å². The first kappa shape index (κ1) is 15.1. The molecule has 3 aromatic rings. The molecule has 3 aromatic heterocycles. The van der Waals surface area contributed by atoms with Gasteiger partial charge in [-0.1, -0.05) is 0 Å². The molecule has 0 aliphatic carbocycles. The smallest absolute Gasteiger partial charge is 0.165 e. The Labute approximate surface area is 138 Å². The molecule has 1 aliphatic rings. The van der Waals surface area contributed by atoms with E-state index in [0.717, 1.165) is 11.1 Å². The molecule has 0 saturated carbocycles. The van der Waals surface area contributed by atoms with E-state index in [0.29, 0.717) is 30.2 Å².